The van der Waals surface area contributed by atoms with Crippen molar-refractivity contribution in [2.45, 2.75) is 31.5 Å². The van der Waals surface area contributed by atoms with E-state index in [9.17, 15) is 0 Å². The maximum Gasteiger partial charge on any atom is 0.0910 e. The summed E-state index contributed by atoms with van der Waals surface area (Å²) in [5.41, 5.74) is 5.99. The van der Waals surface area contributed by atoms with Crippen molar-refractivity contribution in [2.24, 2.45) is 0 Å². The van der Waals surface area contributed by atoms with Gasteiger partial charge in [0, 0.05) is 13.0 Å². The highest BCUT2D eigenvalue weighted by Crippen LogP contribution is 2.14. The van der Waals surface area contributed by atoms with E-state index in [2.05, 4.69) is 22.7 Å². The van der Waals surface area contributed by atoms with Crippen molar-refractivity contribution in [2.75, 3.05) is 33.8 Å². The lowest BCUT2D eigenvalue weighted by Crippen LogP contribution is -2.41. The first-order valence-electron chi connectivity index (χ1n) is 6.23. The van der Waals surface area contributed by atoms with Crippen molar-refractivity contribution in [1.82, 2.24) is 16.2 Å². The molecular weight excluding hydrogens is 218 g/mol. The maximum atomic E-state index is 6.08. The second-order valence-electron chi connectivity index (χ2n) is 4.29. The van der Waals surface area contributed by atoms with E-state index in [0.717, 1.165) is 44.7 Å². The maximum absolute atomic E-state index is 6.08. The van der Waals surface area contributed by atoms with E-state index in [-0.39, 0.29) is 6.10 Å². The lowest BCUT2D eigenvalue weighted by Gasteiger charge is -2.28. The van der Waals surface area contributed by atoms with Gasteiger partial charge in [-0.05, 0) is 33.0 Å². The fourth-order valence-corrected chi connectivity index (χ4v) is 1.93. The van der Waals surface area contributed by atoms with Gasteiger partial charge in [0.1, 0.15) is 0 Å². The second-order valence-corrected chi connectivity index (χ2v) is 4.29. The summed E-state index contributed by atoms with van der Waals surface area (Å²) in [5, 5.41) is 3.33. The van der Waals surface area contributed by atoms with Crippen LogP contribution < -0.4 is 16.2 Å². The molecular formula is C12H25N3O2. The number of methoxy groups -OCH3 is 1. The number of rotatable bonds is 8. The molecule has 0 radical (unpaired) electrons. The zero-order chi connectivity index (χ0) is 12.5. The third-order valence-corrected chi connectivity index (χ3v) is 2.92. The molecule has 1 rings (SSSR count). The van der Waals surface area contributed by atoms with E-state index >= 15 is 0 Å². The minimum Gasteiger partial charge on any atom is -0.502 e. The van der Waals surface area contributed by atoms with Crippen LogP contribution in [0.15, 0.2) is 12.3 Å². The summed E-state index contributed by atoms with van der Waals surface area (Å²) in [6.45, 7) is 6.69. The van der Waals surface area contributed by atoms with Gasteiger partial charge in [-0.3, -0.25) is 10.9 Å². The van der Waals surface area contributed by atoms with Gasteiger partial charge >= 0.3 is 0 Å². The summed E-state index contributed by atoms with van der Waals surface area (Å²) in [6, 6.07) is 0. The average molecular weight is 243 g/mol. The Morgan fingerprint density at radius 1 is 1.47 bits per heavy atom. The molecule has 1 saturated heterocycles. The third kappa shape index (κ3) is 6.02. The predicted octanol–water partition coefficient (Wildman–Crippen LogP) is 0.398. The summed E-state index contributed by atoms with van der Waals surface area (Å²) in [4.78, 5) is 0. The molecule has 5 nitrogen and oxygen atoms in total. The third-order valence-electron chi connectivity index (χ3n) is 2.92. The number of nitrogens with one attached hydrogen (secondary N) is 3. The molecule has 0 amide bonds. The molecule has 0 aromatic heterocycles. The Morgan fingerprint density at radius 3 is 2.76 bits per heavy atom. The van der Waals surface area contributed by atoms with Gasteiger partial charge in [0.2, 0.25) is 0 Å². The molecule has 3 N–H and O–H groups in total. The first-order chi connectivity index (χ1) is 8.26. The number of hydrazine groups is 1. The standard InChI is InChI=1S/C12H25N3O2/c1-10(16-3)8-12(9-15-13-2)17-11-4-6-14-7-5-11/h11-15H,1,4-9H2,2-3H3. The van der Waals surface area contributed by atoms with Gasteiger partial charge in [-0.25, -0.2) is 0 Å². The summed E-state index contributed by atoms with van der Waals surface area (Å²) in [5.74, 6) is 0.766. The van der Waals surface area contributed by atoms with E-state index in [4.69, 9.17) is 9.47 Å². The Balaban J connectivity index is 2.34. The first-order valence-corrected chi connectivity index (χ1v) is 6.23. The van der Waals surface area contributed by atoms with Crippen LogP contribution in [-0.4, -0.2) is 46.0 Å². The van der Waals surface area contributed by atoms with Gasteiger partial charge in [-0.1, -0.05) is 6.58 Å². The smallest absolute Gasteiger partial charge is 0.0910 e. The largest absolute Gasteiger partial charge is 0.502 e. The normalized spacial score (nSPS) is 18.9. The van der Waals surface area contributed by atoms with Crippen molar-refractivity contribution in [3.8, 4) is 0 Å². The van der Waals surface area contributed by atoms with Crippen LogP contribution in [0.1, 0.15) is 19.3 Å². The molecule has 5 heteroatoms. The van der Waals surface area contributed by atoms with Crippen molar-refractivity contribution in [1.29, 1.82) is 0 Å². The van der Waals surface area contributed by atoms with Crippen LogP contribution in [-0.2, 0) is 9.47 Å². The lowest BCUT2D eigenvalue weighted by atomic mass is 10.1. The highest BCUT2D eigenvalue weighted by atomic mass is 16.5. The molecule has 0 aromatic carbocycles. The van der Waals surface area contributed by atoms with E-state index in [1.54, 1.807) is 7.11 Å². The summed E-state index contributed by atoms with van der Waals surface area (Å²) in [6.07, 6.45) is 3.35. The molecule has 1 aliphatic rings. The molecule has 1 atom stereocenters. The van der Waals surface area contributed by atoms with Crippen LogP contribution in [0.4, 0.5) is 0 Å². The Labute approximate surface area is 104 Å². The Bertz CT molecular complexity index is 218. The highest BCUT2D eigenvalue weighted by Gasteiger charge is 2.19. The molecule has 0 spiro atoms. The molecule has 0 aromatic rings. The lowest BCUT2D eigenvalue weighted by molar-refractivity contribution is -0.0307. The average Bonchev–Trinajstić information content (AvgIpc) is 2.37. The molecule has 100 valence electrons. The van der Waals surface area contributed by atoms with Gasteiger partial charge in [0.25, 0.3) is 0 Å². The SMILES string of the molecule is C=C(CC(CNNC)OC1CCNCC1)OC. The molecule has 0 bridgehead atoms. The Hall–Kier alpha value is -0.620. The quantitative estimate of drug-likeness (QED) is 0.425. The molecule has 0 saturated carbocycles. The number of hydrogen-bond donors (Lipinski definition) is 3. The molecule has 1 unspecified atom stereocenters. The van der Waals surface area contributed by atoms with Crippen molar-refractivity contribution in [3.05, 3.63) is 12.3 Å². The zero-order valence-corrected chi connectivity index (χ0v) is 10.9. The van der Waals surface area contributed by atoms with E-state index in [1.165, 1.54) is 0 Å². The molecule has 17 heavy (non-hydrogen) atoms. The van der Waals surface area contributed by atoms with Crippen LogP contribution >= 0.6 is 0 Å². The topological polar surface area (TPSA) is 54.5 Å². The predicted molar refractivity (Wildman–Crippen MR) is 68.6 cm³/mol. The van der Waals surface area contributed by atoms with E-state index in [1.807, 2.05) is 7.05 Å². The minimum atomic E-state index is 0.109. The van der Waals surface area contributed by atoms with Gasteiger partial charge in [0.05, 0.1) is 25.1 Å². The van der Waals surface area contributed by atoms with Gasteiger partial charge < -0.3 is 14.8 Å². The van der Waals surface area contributed by atoms with Crippen molar-refractivity contribution in [3.63, 3.8) is 0 Å². The minimum absolute atomic E-state index is 0.109. The van der Waals surface area contributed by atoms with Crippen molar-refractivity contribution < 1.29 is 9.47 Å². The fourth-order valence-electron chi connectivity index (χ4n) is 1.93. The van der Waals surface area contributed by atoms with E-state index < -0.39 is 0 Å². The molecule has 1 fully saturated rings. The second kappa shape index (κ2) is 8.47. The summed E-state index contributed by atoms with van der Waals surface area (Å²) in [7, 11) is 3.50. The fraction of sp³-hybridized carbons (Fsp3) is 0.833. The van der Waals surface area contributed by atoms with Crippen LogP contribution in [0.5, 0.6) is 0 Å². The van der Waals surface area contributed by atoms with Crippen LogP contribution in [0.3, 0.4) is 0 Å². The number of hydrogen-bond acceptors (Lipinski definition) is 5. The Kier molecular flexibility index (Phi) is 7.19. The summed E-state index contributed by atoms with van der Waals surface area (Å²) < 4.78 is 11.2. The molecule has 1 aliphatic heterocycles. The monoisotopic (exact) mass is 243 g/mol. The van der Waals surface area contributed by atoms with Crippen molar-refractivity contribution >= 4 is 0 Å². The number of ether oxygens (including phenoxy) is 2. The van der Waals surface area contributed by atoms with Gasteiger partial charge in [-0.2, -0.15) is 0 Å². The van der Waals surface area contributed by atoms with Crippen LogP contribution in [0.25, 0.3) is 0 Å². The van der Waals surface area contributed by atoms with Crippen LogP contribution in [0.2, 0.25) is 0 Å². The Morgan fingerprint density at radius 2 is 2.18 bits per heavy atom. The number of piperidine rings is 1. The first kappa shape index (κ1) is 14.4. The highest BCUT2D eigenvalue weighted by molar-refractivity contribution is 4.87. The zero-order valence-electron chi connectivity index (χ0n) is 10.9. The molecule has 1 heterocycles. The molecule has 0 aliphatic carbocycles. The van der Waals surface area contributed by atoms with Crippen LogP contribution in [0, 0.1) is 0 Å². The van der Waals surface area contributed by atoms with E-state index in [0.29, 0.717) is 6.10 Å². The van der Waals surface area contributed by atoms with Gasteiger partial charge in [0.15, 0.2) is 0 Å². The summed E-state index contributed by atoms with van der Waals surface area (Å²) >= 11 is 0. The van der Waals surface area contributed by atoms with Gasteiger partial charge in [-0.15, -0.1) is 0 Å².